The molecule has 1 aromatic carbocycles. The number of carbonyl (C=O) groups excluding carboxylic acids is 1. The minimum Gasteiger partial charge on any atom is -0.325 e. The second-order valence-electron chi connectivity index (χ2n) is 4.50. The van der Waals surface area contributed by atoms with Crippen molar-refractivity contribution in [2.75, 3.05) is 5.32 Å². The fourth-order valence-corrected chi connectivity index (χ4v) is 2.00. The minimum absolute atomic E-state index is 0.0434. The first-order valence-electron chi connectivity index (χ1n) is 5.07. The Hall–Kier alpha value is -1.38. The zero-order valence-electron chi connectivity index (χ0n) is 9.10. The highest BCUT2D eigenvalue weighted by Gasteiger charge is 2.45. The lowest BCUT2D eigenvalue weighted by Gasteiger charge is -2.26. The van der Waals surface area contributed by atoms with Crippen LogP contribution < -0.4 is 5.32 Å². The zero-order valence-corrected chi connectivity index (χ0v) is 9.10. The van der Waals surface area contributed by atoms with Crippen molar-refractivity contribution in [3.8, 4) is 0 Å². The van der Waals surface area contributed by atoms with Crippen molar-refractivity contribution in [1.82, 2.24) is 0 Å². The molecule has 3 heteroatoms. The van der Waals surface area contributed by atoms with Crippen molar-refractivity contribution in [2.45, 2.75) is 26.2 Å². The number of nitrogens with one attached hydrogen (secondary N) is 1. The van der Waals surface area contributed by atoms with E-state index in [9.17, 15) is 9.18 Å². The predicted molar refractivity (Wildman–Crippen MR) is 57.2 cm³/mol. The summed E-state index contributed by atoms with van der Waals surface area (Å²) in [5.41, 5.74) is 0.886. The van der Waals surface area contributed by atoms with E-state index in [4.69, 9.17) is 0 Å². The molecule has 80 valence electrons. The first-order valence-corrected chi connectivity index (χ1v) is 5.07. The Morgan fingerprint density at radius 3 is 2.67 bits per heavy atom. The Balaban J connectivity index is 2.63. The van der Waals surface area contributed by atoms with Crippen molar-refractivity contribution in [1.29, 1.82) is 0 Å². The predicted octanol–water partition coefficient (Wildman–Crippen LogP) is 2.69. The number of anilines is 1. The molecule has 1 heterocycles. The third kappa shape index (κ3) is 1.26. The molecular formula is C12H14FNO. The maximum atomic E-state index is 13.2. The lowest BCUT2D eigenvalue weighted by molar-refractivity contribution is -0.121. The van der Waals surface area contributed by atoms with Crippen LogP contribution in [0.15, 0.2) is 18.2 Å². The molecule has 0 spiro atoms. The van der Waals surface area contributed by atoms with Crippen LogP contribution in [0.1, 0.15) is 26.3 Å². The highest BCUT2D eigenvalue weighted by Crippen LogP contribution is 2.42. The van der Waals surface area contributed by atoms with E-state index in [2.05, 4.69) is 5.32 Å². The van der Waals surface area contributed by atoms with Gasteiger partial charge in [-0.25, -0.2) is 4.39 Å². The number of halogens is 1. The summed E-state index contributed by atoms with van der Waals surface area (Å²) in [6, 6.07) is 4.44. The Bertz CT molecular complexity index is 428. The quantitative estimate of drug-likeness (QED) is 0.753. The van der Waals surface area contributed by atoms with E-state index in [1.807, 2.05) is 20.8 Å². The fourth-order valence-electron chi connectivity index (χ4n) is 2.00. The van der Waals surface area contributed by atoms with Crippen molar-refractivity contribution in [3.05, 3.63) is 29.6 Å². The van der Waals surface area contributed by atoms with Crippen LogP contribution >= 0.6 is 0 Å². The van der Waals surface area contributed by atoms with Crippen LogP contribution in [0.2, 0.25) is 0 Å². The number of hydrogen-bond donors (Lipinski definition) is 1. The van der Waals surface area contributed by atoms with Gasteiger partial charge >= 0.3 is 0 Å². The van der Waals surface area contributed by atoms with Crippen LogP contribution in [-0.2, 0) is 10.2 Å². The third-order valence-corrected chi connectivity index (χ3v) is 3.42. The molecule has 1 aliphatic heterocycles. The van der Waals surface area contributed by atoms with E-state index in [1.165, 1.54) is 12.1 Å². The number of rotatable bonds is 1. The Morgan fingerprint density at radius 1 is 1.40 bits per heavy atom. The second-order valence-corrected chi connectivity index (χ2v) is 4.50. The lowest BCUT2D eigenvalue weighted by Crippen LogP contribution is -2.36. The van der Waals surface area contributed by atoms with Crippen LogP contribution in [0.4, 0.5) is 10.1 Å². The standard InChI is InChI=1S/C12H14FNO/c1-7(2)12(3)9-6-8(13)4-5-10(9)14-11(12)15/h4-7H,1-3H3,(H,14,15). The molecular weight excluding hydrogens is 193 g/mol. The molecule has 0 saturated carbocycles. The molecule has 2 nitrogen and oxygen atoms in total. The molecule has 1 N–H and O–H groups in total. The van der Waals surface area contributed by atoms with Gasteiger partial charge in [-0.15, -0.1) is 0 Å². The van der Waals surface area contributed by atoms with E-state index in [0.29, 0.717) is 0 Å². The molecule has 0 radical (unpaired) electrons. The molecule has 0 fully saturated rings. The molecule has 1 aromatic rings. The summed E-state index contributed by atoms with van der Waals surface area (Å²) in [4.78, 5) is 11.9. The Morgan fingerprint density at radius 2 is 2.07 bits per heavy atom. The normalized spacial score (nSPS) is 24.2. The van der Waals surface area contributed by atoms with Gasteiger partial charge in [0.2, 0.25) is 5.91 Å². The van der Waals surface area contributed by atoms with E-state index in [0.717, 1.165) is 11.3 Å². The van der Waals surface area contributed by atoms with Gasteiger partial charge in [-0.2, -0.15) is 0 Å². The molecule has 1 aliphatic rings. The lowest BCUT2D eigenvalue weighted by atomic mass is 9.74. The van der Waals surface area contributed by atoms with Crippen LogP contribution in [0, 0.1) is 11.7 Å². The first-order chi connectivity index (χ1) is 6.96. The zero-order chi connectivity index (χ0) is 11.2. The Kier molecular flexibility index (Phi) is 2.07. The maximum absolute atomic E-state index is 13.2. The number of benzene rings is 1. The van der Waals surface area contributed by atoms with Crippen LogP contribution in [0.5, 0.6) is 0 Å². The van der Waals surface area contributed by atoms with E-state index < -0.39 is 5.41 Å². The van der Waals surface area contributed by atoms with E-state index >= 15 is 0 Å². The van der Waals surface area contributed by atoms with Gasteiger partial charge in [0.25, 0.3) is 0 Å². The summed E-state index contributed by atoms with van der Waals surface area (Å²) >= 11 is 0. The molecule has 0 aromatic heterocycles. The largest absolute Gasteiger partial charge is 0.325 e. The number of carbonyl (C=O) groups is 1. The van der Waals surface area contributed by atoms with Gasteiger partial charge in [0.1, 0.15) is 5.82 Å². The summed E-state index contributed by atoms with van der Waals surface area (Å²) < 4.78 is 13.2. The molecule has 0 bridgehead atoms. The first kappa shape index (κ1) is 10.1. The van der Waals surface area contributed by atoms with Crippen molar-refractivity contribution in [3.63, 3.8) is 0 Å². The molecule has 0 aliphatic carbocycles. The average molecular weight is 207 g/mol. The SMILES string of the molecule is CC(C)C1(C)C(=O)Nc2ccc(F)cc21. The van der Waals surface area contributed by atoms with Gasteiger partial charge in [-0.3, -0.25) is 4.79 Å². The highest BCUT2D eigenvalue weighted by molar-refractivity contribution is 6.06. The van der Waals surface area contributed by atoms with Crippen molar-refractivity contribution < 1.29 is 9.18 Å². The molecule has 2 rings (SSSR count). The second kappa shape index (κ2) is 3.05. The van der Waals surface area contributed by atoms with Gasteiger partial charge in [0.05, 0.1) is 5.41 Å². The summed E-state index contributed by atoms with van der Waals surface area (Å²) in [5, 5.41) is 2.79. The minimum atomic E-state index is -0.614. The van der Waals surface area contributed by atoms with Gasteiger partial charge in [0, 0.05) is 5.69 Å². The number of amides is 1. The topological polar surface area (TPSA) is 29.1 Å². The molecule has 1 amide bonds. The third-order valence-electron chi connectivity index (χ3n) is 3.42. The van der Waals surface area contributed by atoms with Gasteiger partial charge < -0.3 is 5.32 Å². The summed E-state index contributed by atoms with van der Waals surface area (Å²) in [5.74, 6) is -0.198. The molecule has 1 atom stereocenters. The molecule has 0 saturated heterocycles. The van der Waals surface area contributed by atoms with Crippen LogP contribution in [0.25, 0.3) is 0 Å². The van der Waals surface area contributed by atoms with Crippen molar-refractivity contribution in [2.24, 2.45) is 5.92 Å². The van der Waals surface area contributed by atoms with Gasteiger partial charge in [-0.1, -0.05) is 13.8 Å². The number of fused-ring (bicyclic) bond motifs is 1. The maximum Gasteiger partial charge on any atom is 0.235 e. The highest BCUT2D eigenvalue weighted by atomic mass is 19.1. The summed E-state index contributed by atoms with van der Waals surface area (Å²) in [6.07, 6.45) is 0. The van der Waals surface area contributed by atoms with Crippen LogP contribution in [-0.4, -0.2) is 5.91 Å². The van der Waals surface area contributed by atoms with Crippen molar-refractivity contribution >= 4 is 11.6 Å². The van der Waals surface area contributed by atoms with Gasteiger partial charge in [-0.05, 0) is 36.6 Å². The summed E-state index contributed by atoms with van der Waals surface area (Å²) in [6.45, 7) is 5.80. The summed E-state index contributed by atoms with van der Waals surface area (Å²) in [7, 11) is 0. The van der Waals surface area contributed by atoms with E-state index in [-0.39, 0.29) is 17.6 Å². The smallest absolute Gasteiger partial charge is 0.235 e. The van der Waals surface area contributed by atoms with Gasteiger partial charge in [0.15, 0.2) is 0 Å². The van der Waals surface area contributed by atoms with Crippen LogP contribution in [0.3, 0.4) is 0 Å². The monoisotopic (exact) mass is 207 g/mol. The molecule has 1 unspecified atom stereocenters. The Labute approximate surface area is 88.5 Å². The van der Waals surface area contributed by atoms with E-state index in [1.54, 1.807) is 6.07 Å². The number of hydrogen-bond acceptors (Lipinski definition) is 1. The fraction of sp³-hybridized carbons (Fsp3) is 0.417. The average Bonchev–Trinajstić information content (AvgIpc) is 2.42. The molecule has 15 heavy (non-hydrogen) atoms.